The van der Waals surface area contributed by atoms with Gasteiger partial charge in [-0.1, -0.05) is 41.6 Å². The van der Waals surface area contributed by atoms with Gasteiger partial charge in [0.25, 0.3) is 0 Å². The molecule has 0 saturated carbocycles. The second-order valence-electron chi connectivity index (χ2n) is 4.41. The van der Waals surface area contributed by atoms with Crippen LogP contribution in [-0.2, 0) is 0 Å². The molecule has 0 spiro atoms. The summed E-state index contributed by atoms with van der Waals surface area (Å²) in [5.41, 5.74) is 1.56. The smallest absolute Gasteiger partial charge is 0.178 e. The molecule has 21 heavy (non-hydrogen) atoms. The fourth-order valence-electron chi connectivity index (χ4n) is 1.91. The molecule has 0 saturated heterocycles. The Bertz CT molecular complexity index is 780. The third-order valence-electron chi connectivity index (χ3n) is 2.92. The monoisotopic (exact) mass is 323 g/mol. The molecule has 0 aliphatic carbocycles. The number of hydrogen-bond donors (Lipinski definition) is 2. The van der Waals surface area contributed by atoms with E-state index in [9.17, 15) is 9.50 Å². The summed E-state index contributed by atoms with van der Waals surface area (Å²) < 4.78 is 13.6. The first kappa shape index (κ1) is 14.3. The first-order valence-electron chi connectivity index (χ1n) is 6.20. The van der Waals surface area contributed by atoms with Crippen molar-refractivity contribution in [3.63, 3.8) is 0 Å². The zero-order valence-corrected chi connectivity index (χ0v) is 12.3. The Morgan fingerprint density at radius 3 is 3.00 bits per heavy atom. The van der Waals surface area contributed by atoms with Crippen LogP contribution >= 0.6 is 23.4 Å². The number of aliphatic hydroxyl groups is 1. The Labute approximate surface area is 129 Å². The first-order valence-corrected chi connectivity index (χ1v) is 7.56. The van der Waals surface area contributed by atoms with E-state index in [1.807, 2.05) is 0 Å². The molecule has 1 atom stereocenters. The van der Waals surface area contributed by atoms with Crippen molar-refractivity contribution in [1.29, 1.82) is 0 Å². The number of fused-ring (bicyclic) bond motifs is 1. The van der Waals surface area contributed by atoms with E-state index in [0.717, 1.165) is 5.52 Å². The molecule has 1 aromatic carbocycles. The van der Waals surface area contributed by atoms with Gasteiger partial charge in [0.05, 0.1) is 16.6 Å². The van der Waals surface area contributed by atoms with E-state index in [1.54, 1.807) is 24.3 Å². The van der Waals surface area contributed by atoms with E-state index < -0.39 is 11.9 Å². The molecule has 2 aromatic heterocycles. The van der Waals surface area contributed by atoms with Gasteiger partial charge in [-0.3, -0.25) is 0 Å². The van der Waals surface area contributed by atoms with Gasteiger partial charge in [-0.15, -0.1) is 0 Å². The maximum Gasteiger partial charge on any atom is 0.178 e. The summed E-state index contributed by atoms with van der Waals surface area (Å²) in [6.07, 6.45) is 0.619. The number of H-pyrrole nitrogens is 1. The van der Waals surface area contributed by atoms with Gasteiger partial charge in [-0.25, -0.2) is 14.4 Å². The molecule has 3 aromatic rings. The SMILES string of the molecule is OC(CSc1nc2ncc(Cl)cc2[nH]1)c1ccccc1F. The summed E-state index contributed by atoms with van der Waals surface area (Å²) in [7, 11) is 0. The number of aliphatic hydroxyl groups excluding tert-OH is 1. The van der Waals surface area contributed by atoms with Crippen LogP contribution in [0.1, 0.15) is 11.7 Å². The maximum absolute atomic E-state index is 13.6. The lowest BCUT2D eigenvalue weighted by Crippen LogP contribution is -2.03. The lowest BCUT2D eigenvalue weighted by Gasteiger charge is -2.10. The van der Waals surface area contributed by atoms with Crippen molar-refractivity contribution in [2.45, 2.75) is 11.3 Å². The number of aromatic amines is 1. The highest BCUT2D eigenvalue weighted by Crippen LogP contribution is 2.26. The van der Waals surface area contributed by atoms with E-state index in [1.165, 1.54) is 24.0 Å². The second kappa shape index (κ2) is 6.01. The third kappa shape index (κ3) is 3.18. The van der Waals surface area contributed by atoms with Crippen molar-refractivity contribution in [3.05, 3.63) is 52.9 Å². The quantitative estimate of drug-likeness (QED) is 0.720. The van der Waals surface area contributed by atoms with Gasteiger partial charge in [0.1, 0.15) is 5.82 Å². The number of benzene rings is 1. The van der Waals surface area contributed by atoms with Crippen LogP contribution < -0.4 is 0 Å². The molecular formula is C14H11ClFN3OS. The maximum atomic E-state index is 13.6. The van der Waals surface area contributed by atoms with E-state index >= 15 is 0 Å². The van der Waals surface area contributed by atoms with Crippen LogP contribution in [0.2, 0.25) is 5.02 Å². The molecule has 3 rings (SSSR count). The second-order valence-corrected chi connectivity index (χ2v) is 5.86. The molecule has 0 amide bonds. The molecule has 2 heterocycles. The van der Waals surface area contributed by atoms with Crippen molar-refractivity contribution in [2.24, 2.45) is 0 Å². The van der Waals surface area contributed by atoms with Gasteiger partial charge in [0.15, 0.2) is 10.8 Å². The highest BCUT2D eigenvalue weighted by Gasteiger charge is 2.14. The van der Waals surface area contributed by atoms with Crippen LogP contribution in [0.25, 0.3) is 11.2 Å². The molecule has 0 bridgehead atoms. The first-order chi connectivity index (χ1) is 10.1. The predicted octanol–water partition coefficient (Wildman–Crippen LogP) is 3.58. The van der Waals surface area contributed by atoms with Crippen LogP contribution in [0.15, 0.2) is 41.7 Å². The molecule has 0 aliphatic heterocycles. The average molecular weight is 324 g/mol. The molecule has 0 aliphatic rings. The van der Waals surface area contributed by atoms with E-state index in [4.69, 9.17) is 11.6 Å². The summed E-state index contributed by atoms with van der Waals surface area (Å²) in [5.74, 6) is -0.127. The molecule has 4 nitrogen and oxygen atoms in total. The minimum absolute atomic E-state index is 0.280. The van der Waals surface area contributed by atoms with Crippen molar-refractivity contribution in [1.82, 2.24) is 15.0 Å². The Kier molecular flexibility index (Phi) is 4.10. The number of nitrogens with one attached hydrogen (secondary N) is 1. The number of pyridine rings is 1. The van der Waals surface area contributed by atoms with Crippen LogP contribution in [0.5, 0.6) is 0 Å². The van der Waals surface area contributed by atoms with Gasteiger partial charge < -0.3 is 10.1 Å². The van der Waals surface area contributed by atoms with E-state index in [0.29, 0.717) is 15.8 Å². The van der Waals surface area contributed by atoms with Gasteiger partial charge in [-0.2, -0.15) is 0 Å². The van der Waals surface area contributed by atoms with Crippen LogP contribution in [0.4, 0.5) is 4.39 Å². The van der Waals surface area contributed by atoms with Crippen molar-refractivity contribution >= 4 is 34.5 Å². The number of aromatic nitrogens is 3. The Morgan fingerprint density at radius 1 is 1.38 bits per heavy atom. The van der Waals surface area contributed by atoms with Gasteiger partial charge in [0.2, 0.25) is 0 Å². The van der Waals surface area contributed by atoms with Crippen molar-refractivity contribution < 1.29 is 9.50 Å². The highest BCUT2D eigenvalue weighted by atomic mass is 35.5. The van der Waals surface area contributed by atoms with Crippen LogP contribution in [0.3, 0.4) is 0 Å². The molecular weight excluding hydrogens is 313 g/mol. The summed E-state index contributed by atoms with van der Waals surface area (Å²) in [6.45, 7) is 0. The number of nitrogens with zero attached hydrogens (tertiary/aromatic N) is 2. The van der Waals surface area contributed by atoms with E-state index in [-0.39, 0.29) is 11.3 Å². The third-order valence-corrected chi connectivity index (χ3v) is 4.08. The molecule has 0 fully saturated rings. The zero-order valence-electron chi connectivity index (χ0n) is 10.8. The largest absolute Gasteiger partial charge is 0.387 e. The van der Waals surface area contributed by atoms with Crippen molar-refractivity contribution in [2.75, 3.05) is 5.75 Å². The average Bonchev–Trinajstić information content (AvgIpc) is 2.87. The van der Waals surface area contributed by atoms with Crippen LogP contribution in [-0.4, -0.2) is 25.8 Å². The number of thioether (sulfide) groups is 1. The summed E-state index contributed by atoms with van der Waals surface area (Å²) in [5, 5.41) is 11.2. The normalized spacial score (nSPS) is 12.7. The standard InChI is InChI=1S/C14H11ClFN3OS/c15-8-5-11-13(17-6-8)19-14(18-11)21-7-12(20)9-3-1-2-4-10(9)16/h1-6,12,20H,7H2,(H,17,18,19). The Morgan fingerprint density at radius 2 is 2.19 bits per heavy atom. The fraction of sp³-hybridized carbons (Fsp3) is 0.143. The summed E-state index contributed by atoms with van der Waals surface area (Å²) in [4.78, 5) is 11.4. The fourth-order valence-corrected chi connectivity index (χ4v) is 2.90. The lowest BCUT2D eigenvalue weighted by atomic mass is 10.1. The minimum Gasteiger partial charge on any atom is -0.387 e. The van der Waals surface area contributed by atoms with E-state index in [2.05, 4.69) is 15.0 Å². The predicted molar refractivity (Wildman–Crippen MR) is 81.0 cm³/mol. The number of hydrogen-bond acceptors (Lipinski definition) is 4. The number of imidazole rings is 1. The van der Waals surface area contributed by atoms with Crippen molar-refractivity contribution in [3.8, 4) is 0 Å². The summed E-state index contributed by atoms with van der Waals surface area (Å²) in [6, 6.07) is 7.91. The molecule has 108 valence electrons. The molecule has 1 unspecified atom stereocenters. The highest BCUT2D eigenvalue weighted by molar-refractivity contribution is 7.99. The topological polar surface area (TPSA) is 61.8 Å². The molecule has 7 heteroatoms. The van der Waals surface area contributed by atoms with Gasteiger partial charge in [0, 0.05) is 17.5 Å². The van der Waals surface area contributed by atoms with Gasteiger partial charge >= 0.3 is 0 Å². The molecule has 0 radical (unpaired) electrons. The number of halogens is 2. The Hall–Kier alpha value is -1.63. The Balaban J connectivity index is 1.73. The molecule has 2 N–H and O–H groups in total. The van der Waals surface area contributed by atoms with Crippen LogP contribution in [0, 0.1) is 5.82 Å². The minimum atomic E-state index is -0.902. The summed E-state index contributed by atoms with van der Waals surface area (Å²) >= 11 is 7.15. The zero-order chi connectivity index (χ0) is 14.8. The lowest BCUT2D eigenvalue weighted by molar-refractivity contribution is 0.199. The van der Waals surface area contributed by atoms with Gasteiger partial charge in [-0.05, 0) is 12.1 Å². The number of rotatable bonds is 4.